The Morgan fingerprint density at radius 1 is 0.513 bits per heavy atom. The lowest BCUT2D eigenvalue weighted by molar-refractivity contribution is 0.0509. The number of aromatic carboxylic acids is 1. The van der Waals surface area contributed by atoms with Gasteiger partial charge in [-0.1, -0.05) is 24.3 Å². The molecule has 424 valence electrons. The molecule has 0 fully saturated rings. The number of hydrogen-bond acceptors (Lipinski definition) is 10. The Hall–Kier alpha value is -6.72. The van der Waals surface area contributed by atoms with Crippen LogP contribution in [0.5, 0.6) is 0 Å². The van der Waals surface area contributed by atoms with E-state index >= 15 is 0 Å². The number of aryl methyl sites for hydroxylation is 7. The highest BCUT2D eigenvalue weighted by atomic mass is 16.5. The number of nitrogens with zero attached hydrogens (tertiary/aromatic N) is 4. The number of carboxylic acid groups (broad SMARTS) is 1. The van der Waals surface area contributed by atoms with Crippen molar-refractivity contribution in [2.24, 2.45) is 0 Å². The van der Waals surface area contributed by atoms with Crippen LogP contribution in [-0.2, 0) is 9.47 Å². The molecule has 5 aromatic rings. The third-order valence-corrected chi connectivity index (χ3v) is 15.0. The molecule has 9 heterocycles. The molecular weight excluding hydrogens is 983 g/mol. The van der Waals surface area contributed by atoms with Crippen LogP contribution in [-0.4, -0.2) is 168 Å². The molecule has 0 saturated heterocycles. The molecule has 78 heavy (non-hydrogen) atoms. The van der Waals surface area contributed by atoms with Gasteiger partial charge in [0.1, 0.15) is 17.1 Å². The Balaban J connectivity index is 0.000000181. The van der Waals surface area contributed by atoms with E-state index in [4.69, 9.17) is 14.6 Å². The van der Waals surface area contributed by atoms with E-state index < -0.39 is 5.97 Å². The quantitative estimate of drug-likeness (QED) is 0.0575. The summed E-state index contributed by atoms with van der Waals surface area (Å²) in [6, 6.07) is 1.92. The molecule has 16 heteroatoms. The summed E-state index contributed by atoms with van der Waals surface area (Å²) >= 11 is 0. The fraction of sp³-hybridized carbons (Fsp3) is 0.484. The van der Waals surface area contributed by atoms with Gasteiger partial charge in [-0.2, -0.15) is 0 Å². The van der Waals surface area contributed by atoms with Crippen LogP contribution >= 0.6 is 0 Å². The maximum absolute atomic E-state index is 11.9. The third kappa shape index (κ3) is 16.0. The minimum atomic E-state index is -0.884. The van der Waals surface area contributed by atoms with E-state index in [1.54, 1.807) is 6.92 Å². The van der Waals surface area contributed by atoms with Crippen LogP contribution in [0, 0.1) is 69.2 Å². The number of likely N-dealkylation sites (N-methyl/N-ethyl adjacent to an activating group) is 4. The lowest BCUT2D eigenvalue weighted by atomic mass is 9.96. The van der Waals surface area contributed by atoms with Crippen LogP contribution in [0.3, 0.4) is 0 Å². The first-order valence-electron chi connectivity index (χ1n) is 27.4. The summed E-state index contributed by atoms with van der Waals surface area (Å²) in [7, 11) is 8.51. The second-order valence-corrected chi connectivity index (χ2v) is 21.2. The minimum absolute atomic E-state index is 0.261. The highest BCUT2D eigenvalue weighted by Gasteiger charge is 2.24. The van der Waals surface area contributed by atoms with Crippen molar-refractivity contribution in [3.8, 4) is 0 Å². The zero-order chi connectivity index (χ0) is 57.5. The number of rotatable bonds is 10. The first-order valence-corrected chi connectivity index (χ1v) is 27.4. The van der Waals surface area contributed by atoms with E-state index in [-0.39, 0.29) is 11.9 Å². The van der Waals surface area contributed by atoms with Crippen molar-refractivity contribution in [1.29, 1.82) is 0 Å². The van der Waals surface area contributed by atoms with Gasteiger partial charge in [-0.3, -0.25) is 4.79 Å². The van der Waals surface area contributed by atoms with Crippen LogP contribution in [0.4, 0.5) is 0 Å². The van der Waals surface area contributed by atoms with Gasteiger partial charge in [0.25, 0.3) is 0 Å². The number of carbonyl (C=O) groups excluding carboxylic acids is 3. The second-order valence-electron chi connectivity index (χ2n) is 21.2. The number of carbonyl (C=O) groups is 4. The average Bonchev–Trinajstić information content (AvgIpc) is 4.19. The molecular formula is C62H89N9O7. The van der Waals surface area contributed by atoms with Crippen molar-refractivity contribution in [2.75, 3.05) is 93.8 Å². The van der Waals surface area contributed by atoms with Crippen LogP contribution in [0.2, 0.25) is 0 Å². The van der Waals surface area contributed by atoms with Gasteiger partial charge in [-0.15, -0.1) is 0 Å². The summed E-state index contributed by atoms with van der Waals surface area (Å²) in [6.45, 7) is 32.8. The van der Waals surface area contributed by atoms with Gasteiger partial charge < -0.3 is 59.1 Å². The van der Waals surface area contributed by atoms with Crippen LogP contribution in [0.25, 0.3) is 22.3 Å². The van der Waals surface area contributed by atoms with Crippen molar-refractivity contribution in [2.45, 2.75) is 109 Å². The predicted molar refractivity (Wildman–Crippen MR) is 316 cm³/mol. The standard InChI is InChI=1S/C15H22N2O2.C13H18N2O2.C13H18N2O.C12H18N2.C9H13NO2/c1-5-19-15(18)14-10(2)13(11(3)16-14)12-6-8-17(4)9-7-12;1-8-11(9(2)14-12(8)13(16)17)10-4-6-15(3)7-5-10;1-9-12(8-16)14-10(2)13(9)11-4-6-15(3)7-5-11;1-9-8-13-10(2)12(9)11-4-6-14(3)7-5-11;1-4-12-9(11)8-6(2)5-7(3)10-8/h6,16H,5,7-9H2,1-4H3;4,14H,5-7H2,1-3H3,(H,16,17);4,8,14H,5-7H2,1-3H3;4,8,13H,5-7H2,1-3H3;5,10H,4H2,1-3H3. The maximum atomic E-state index is 11.9. The highest BCUT2D eigenvalue weighted by molar-refractivity contribution is 5.92. The Labute approximate surface area is 463 Å². The Kier molecular flexibility index (Phi) is 22.9. The Morgan fingerprint density at radius 3 is 1.22 bits per heavy atom. The fourth-order valence-corrected chi connectivity index (χ4v) is 10.7. The van der Waals surface area contributed by atoms with E-state index in [0.29, 0.717) is 36.0 Å². The molecule has 0 atom stereocenters. The summed E-state index contributed by atoms with van der Waals surface area (Å²) < 4.78 is 9.94. The lowest BCUT2D eigenvalue weighted by Gasteiger charge is -2.22. The number of H-pyrrole nitrogens is 5. The monoisotopic (exact) mass is 1070 g/mol. The number of carboxylic acids is 1. The molecule has 6 N–H and O–H groups in total. The molecule has 16 nitrogen and oxygen atoms in total. The number of aromatic nitrogens is 5. The SMILES string of the molecule is CCOC(=O)c1[nH]c(C)c(C2=CCN(C)CC2)c1C.CCOC(=O)c1[nH]c(C)cc1C.Cc1[nH]c(C(=O)O)c(C)c1C1=CCN(C)CC1.Cc1[nH]c(C=O)c(C)c1C1=CCN(C)CC1.Cc1c[nH]c(C)c1C1=CCN(C)CC1. The van der Waals surface area contributed by atoms with Gasteiger partial charge in [0.15, 0.2) is 6.29 Å². The maximum Gasteiger partial charge on any atom is 0.355 e. The van der Waals surface area contributed by atoms with Gasteiger partial charge >= 0.3 is 17.9 Å². The van der Waals surface area contributed by atoms with E-state index in [1.165, 1.54) is 63.2 Å². The van der Waals surface area contributed by atoms with Crippen molar-refractivity contribution >= 4 is 46.5 Å². The van der Waals surface area contributed by atoms with Crippen molar-refractivity contribution in [3.63, 3.8) is 0 Å². The van der Waals surface area contributed by atoms with Gasteiger partial charge in [0.2, 0.25) is 0 Å². The lowest BCUT2D eigenvalue weighted by Crippen LogP contribution is -2.23. The van der Waals surface area contributed by atoms with Crippen LogP contribution in [0.1, 0.15) is 160 Å². The summed E-state index contributed by atoms with van der Waals surface area (Å²) in [5, 5.41) is 9.08. The van der Waals surface area contributed by atoms with Gasteiger partial charge in [0, 0.05) is 109 Å². The molecule has 0 amide bonds. The van der Waals surface area contributed by atoms with E-state index in [9.17, 15) is 19.2 Å². The Bertz CT molecular complexity index is 3000. The first kappa shape index (κ1) is 62.1. The van der Waals surface area contributed by atoms with Gasteiger partial charge in [-0.05, 0) is 193 Å². The first-order chi connectivity index (χ1) is 37.0. The summed E-state index contributed by atoms with van der Waals surface area (Å²) in [5.74, 6) is -1.42. The van der Waals surface area contributed by atoms with Crippen LogP contribution < -0.4 is 0 Å². The zero-order valence-electron chi connectivity index (χ0n) is 49.6. The molecule has 5 aromatic heterocycles. The number of aromatic amines is 5. The number of ether oxygens (including phenoxy) is 2. The Morgan fingerprint density at radius 2 is 0.897 bits per heavy atom. The van der Waals surface area contributed by atoms with Crippen molar-refractivity contribution < 1.29 is 33.8 Å². The third-order valence-electron chi connectivity index (χ3n) is 15.0. The topological polar surface area (TPSA) is 199 Å². The molecule has 0 radical (unpaired) electrons. The molecule has 0 saturated carbocycles. The largest absolute Gasteiger partial charge is 0.477 e. The molecule has 0 unspecified atom stereocenters. The molecule has 0 spiro atoms. The second kappa shape index (κ2) is 28.8. The number of hydrogen-bond donors (Lipinski definition) is 6. The number of nitrogens with one attached hydrogen (secondary N) is 5. The van der Waals surface area contributed by atoms with E-state index in [0.717, 1.165) is 122 Å². The van der Waals surface area contributed by atoms with Gasteiger partial charge in [-0.25, -0.2) is 14.4 Å². The normalized spacial score (nSPS) is 16.1. The van der Waals surface area contributed by atoms with Crippen molar-refractivity contribution in [3.05, 3.63) is 138 Å². The highest BCUT2D eigenvalue weighted by Crippen LogP contribution is 2.33. The van der Waals surface area contributed by atoms with E-state index in [2.05, 4.69) is 117 Å². The average molecular weight is 1070 g/mol. The molecule has 0 aromatic carbocycles. The summed E-state index contributed by atoms with van der Waals surface area (Å²) in [4.78, 5) is 69.8. The molecule has 0 bridgehead atoms. The predicted octanol–water partition coefficient (Wildman–Crippen LogP) is 10.9. The molecule has 0 aliphatic carbocycles. The van der Waals surface area contributed by atoms with Crippen LogP contribution in [0.15, 0.2) is 36.6 Å². The number of esters is 2. The minimum Gasteiger partial charge on any atom is -0.477 e. The molecule has 4 aliphatic heterocycles. The van der Waals surface area contributed by atoms with Gasteiger partial charge in [0.05, 0.1) is 18.9 Å². The zero-order valence-corrected chi connectivity index (χ0v) is 49.6. The van der Waals surface area contributed by atoms with E-state index in [1.807, 2.05) is 68.4 Å². The van der Waals surface area contributed by atoms with Crippen molar-refractivity contribution in [1.82, 2.24) is 44.5 Å². The summed E-state index contributed by atoms with van der Waals surface area (Å²) in [5.41, 5.74) is 23.3. The number of aldehydes is 1. The molecule has 4 aliphatic rings. The molecule has 9 rings (SSSR count). The fourth-order valence-electron chi connectivity index (χ4n) is 10.7. The smallest absolute Gasteiger partial charge is 0.355 e. The summed E-state index contributed by atoms with van der Waals surface area (Å²) in [6.07, 6.45) is 16.3.